The van der Waals surface area contributed by atoms with Crippen LogP contribution in [0.25, 0.3) is 0 Å². The molecule has 0 saturated carbocycles. The number of hydrogen-bond donors (Lipinski definition) is 2. The summed E-state index contributed by atoms with van der Waals surface area (Å²) in [7, 11) is 1.66. The first-order valence-electron chi connectivity index (χ1n) is 13.6. The summed E-state index contributed by atoms with van der Waals surface area (Å²) in [4.78, 5) is 45.9. The second kappa shape index (κ2) is 15.0. The van der Waals surface area contributed by atoms with Gasteiger partial charge in [0.05, 0.1) is 25.0 Å². The van der Waals surface area contributed by atoms with Crippen LogP contribution in [0.2, 0.25) is 10.0 Å². The zero-order valence-electron chi connectivity index (χ0n) is 23.5. The van der Waals surface area contributed by atoms with Gasteiger partial charge in [0.2, 0.25) is 0 Å². The second-order valence-corrected chi connectivity index (χ2v) is 10.8. The molecule has 0 saturated heterocycles. The maximum atomic E-state index is 13.3. The predicted octanol–water partition coefficient (Wildman–Crippen LogP) is 5.54. The molecule has 12 heteroatoms. The number of para-hydroxylation sites is 1. The van der Waals surface area contributed by atoms with E-state index in [4.69, 9.17) is 38.4 Å². The van der Waals surface area contributed by atoms with Gasteiger partial charge in [-0.05, 0) is 66.6 Å². The number of halogens is 2. The van der Waals surface area contributed by atoms with E-state index in [0.29, 0.717) is 45.6 Å². The molecule has 3 amide bonds. The number of urea groups is 1. The van der Waals surface area contributed by atoms with E-state index in [1.165, 1.54) is 15.9 Å². The first-order valence-corrected chi connectivity index (χ1v) is 14.4. The van der Waals surface area contributed by atoms with E-state index in [0.717, 1.165) is 0 Å². The van der Waals surface area contributed by atoms with Crippen molar-refractivity contribution in [2.45, 2.75) is 12.5 Å². The average molecular weight is 628 g/mol. The lowest BCUT2D eigenvalue weighted by molar-refractivity contribution is -0.141. The first-order chi connectivity index (χ1) is 20.7. The van der Waals surface area contributed by atoms with Crippen molar-refractivity contribution in [1.29, 1.82) is 0 Å². The summed E-state index contributed by atoms with van der Waals surface area (Å²) >= 11 is 12.5. The molecule has 2 unspecified atom stereocenters. The summed E-state index contributed by atoms with van der Waals surface area (Å²) in [5, 5.41) is 10.8. The number of carbonyl (C=O) groups is 3. The fourth-order valence-electron chi connectivity index (χ4n) is 4.84. The number of rotatable bonds is 13. The van der Waals surface area contributed by atoms with Crippen molar-refractivity contribution >= 4 is 46.8 Å². The van der Waals surface area contributed by atoms with Gasteiger partial charge in [0.1, 0.15) is 17.4 Å². The molecule has 3 N–H and O–H groups in total. The Balaban J connectivity index is 1.47. The molecule has 0 bridgehead atoms. The molecule has 3 aromatic carbocycles. The number of ether oxygens (including phenoxy) is 2. The molecular formula is C31H32Cl2N4O6. The van der Waals surface area contributed by atoms with Crippen LogP contribution in [-0.2, 0) is 9.53 Å². The Labute approximate surface area is 259 Å². The van der Waals surface area contributed by atoms with Gasteiger partial charge >= 0.3 is 12.0 Å². The molecule has 10 nitrogen and oxygen atoms in total. The van der Waals surface area contributed by atoms with Gasteiger partial charge < -0.3 is 30.1 Å². The Morgan fingerprint density at radius 3 is 2.30 bits per heavy atom. The highest BCUT2D eigenvalue weighted by Gasteiger charge is 2.43. The van der Waals surface area contributed by atoms with Gasteiger partial charge in [0.25, 0.3) is 5.91 Å². The van der Waals surface area contributed by atoms with Crippen LogP contribution in [0.1, 0.15) is 28.4 Å². The van der Waals surface area contributed by atoms with Crippen LogP contribution in [0.4, 0.5) is 4.79 Å². The molecule has 3 aromatic rings. The summed E-state index contributed by atoms with van der Waals surface area (Å²) in [6.07, 6.45) is 0.356. The number of hydrogen-bond acceptors (Lipinski definition) is 6. The molecule has 0 aromatic heterocycles. The molecule has 0 fully saturated rings. The van der Waals surface area contributed by atoms with Crippen LogP contribution in [0.3, 0.4) is 0 Å². The lowest BCUT2D eigenvalue weighted by atomic mass is 9.86. The lowest BCUT2D eigenvalue weighted by Gasteiger charge is -2.39. The molecule has 0 aliphatic carbocycles. The van der Waals surface area contributed by atoms with Crippen molar-refractivity contribution in [2.75, 3.05) is 39.9 Å². The number of nitrogens with zero attached hydrogens (tertiary/aromatic N) is 3. The Hall–Kier alpha value is -3.96. The van der Waals surface area contributed by atoms with Crippen LogP contribution in [0.5, 0.6) is 11.5 Å². The van der Waals surface area contributed by atoms with Crippen LogP contribution < -0.4 is 10.5 Å². The number of carbonyl (C=O) groups excluding carboxylic acids is 2. The molecule has 226 valence electrons. The van der Waals surface area contributed by atoms with Crippen molar-refractivity contribution in [3.05, 3.63) is 94.0 Å². The molecule has 0 radical (unpaired) electrons. The number of benzene rings is 3. The standard InChI is InChI=1S/C31H32Cl2N4O6/c1-36(29(38)20-8-10-25(11-9-20)43-24-6-3-2-4-7-24)13-5-14-37-28(21-16-22(32)18-23(33)17-21)27(30(39)40)26(35-31(37)41)19-42-15-12-34/h2-4,6-11,16-18,27-28H,5,12-15,19,34H2,1H3,(H,39,40). The Morgan fingerprint density at radius 1 is 1.02 bits per heavy atom. The highest BCUT2D eigenvalue weighted by Crippen LogP contribution is 2.37. The fraction of sp³-hybridized carbons (Fsp3) is 0.290. The Morgan fingerprint density at radius 2 is 1.67 bits per heavy atom. The number of nitrogens with two attached hydrogens (primary N) is 1. The highest BCUT2D eigenvalue weighted by molar-refractivity contribution is 6.34. The smallest absolute Gasteiger partial charge is 0.344 e. The molecule has 1 aliphatic heterocycles. The number of carboxylic acids is 1. The molecule has 43 heavy (non-hydrogen) atoms. The predicted molar refractivity (Wildman–Crippen MR) is 164 cm³/mol. The minimum absolute atomic E-state index is 0.0790. The molecule has 0 spiro atoms. The van der Waals surface area contributed by atoms with E-state index >= 15 is 0 Å². The third-order valence-corrected chi connectivity index (χ3v) is 7.26. The SMILES string of the molecule is CN(CCCN1C(=O)N=C(COCCN)C(C(=O)O)C1c1cc(Cl)cc(Cl)c1)C(=O)c1ccc(Oc2ccccc2)cc1. The van der Waals surface area contributed by atoms with Gasteiger partial charge in [-0.2, -0.15) is 4.99 Å². The third kappa shape index (κ3) is 8.32. The largest absolute Gasteiger partial charge is 0.481 e. The topological polar surface area (TPSA) is 135 Å². The number of amides is 3. The molecular weight excluding hydrogens is 595 g/mol. The van der Waals surface area contributed by atoms with Crippen molar-refractivity contribution < 1.29 is 29.0 Å². The summed E-state index contributed by atoms with van der Waals surface area (Å²) in [6, 6.07) is 19.3. The van der Waals surface area contributed by atoms with Gasteiger partial charge in [-0.25, -0.2) is 4.79 Å². The lowest BCUT2D eigenvalue weighted by Crippen LogP contribution is -2.49. The van der Waals surface area contributed by atoms with Gasteiger partial charge in [-0.3, -0.25) is 9.59 Å². The van der Waals surface area contributed by atoms with Crippen LogP contribution in [-0.4, -0.2) is 78.4 Å². The number of aliphatic carboxylic acids is 1. The molecule has 1 aliphatic rings. The van der Waals surface area contributed by atoms with Crippen LogP contribution in [0, 0.1) is 5.92 Å². The average Bonchev–Trinajstić information content (AvgIpc) is 2.97. The second-order valence-electron chi connectivity index (χ2n) is 9.90. The summed E-state index contributed by atoms with van der Waals surface area (Å²) in [6.45, 7) is 0.669. The summed E-state index contributed by atoms with van der Waals surface area (Å²) in [5.74, 6) is -1.31. The van der Waals surface area contributed by atoms with Crippen molar-refractivity contribution in [3.63, 3.8) is 0 Å². The monoisotopic (exact) mass is 626 g/mol. The third-order valence-electron chi connectivity index (χ3n) is 6.82. The number of carboxylic acid groups (broad SMARTS) is 1. The molecule has 1 heterocycles. The van der Waals surface area contributed by atoms with Crippen molar-refractivity contribution in [1.82, 2.24) is 9.80 Å². The van der Waals surface area contributed by atoms with Crippen molar-refractivity contribution in [3.8, 4) is 11.5 Å². The van der Waals surface area contributed by atoms with Crippen molar-refractivity contribution in [2.24, 2.45) is 16.6 Å². The minimum Gasteiger partial charge on any atom is -0.481 e. The number of aliphatic imine (C=N–C) groups is 1. The van der Waals surface area contributed by atoms with E-state index in [1.54, 1.807) is 43.4 Å². The summed E-state index contributed by atoms with van der Waals surface area (Å²) < 4.78 is 11.2. The maximum Gasteiger partial charge on any atom is 0.344 e. The van der Waals surface area contributed by atoms with E-state index in [1.807, 2.05) is 30.3 Å². The van der Waals surface area contributed by atoms with E-state index < -0.39 is 24.0 Å². The quantitative estimate of drug-likeness (QED) is 0.238. The minimum atomic E-state index is -1.21. The fourth-order valence-corrected chi connectivity index (χ4v) is 5.38. The van der Waals surface area contributed by atoms with Crippen LogP contribution >= 0.6 is 23.2 Å². The highest BCUT2D eigenvalue weighted by atomic mass is 35.5. The first kappa shape index (κ1) is 32.0. The summed E-state index contributed by atoms with van der Waals surface area (Å²) in [5.41, 5.74) is 6.50. The van der Waals surface area contributed by atoms with Gasteiger partial charge in [-0.15, -0.1) is 0 Å². The Kier molecular flexibility index (Phi) is 11.1. The van der Waals surface area contributed by atoms with E-state index in [-0.39, 0.29) is 37.9 Å². The molecule has 2 atom stereocenters. The zero-order valence-corrected chi connectivity index (χ0v) is 25.0. The van der Waals surface area contributed by atoms with Crippen LogP contribution in [0.15, 0.2) is 77.8 Å². The van der Waals surface area contributed by atoms with Gasteiger partial charge in [0, 0.05) is 42.3 Å². The van der Waals surface area contributed by atoms with E-state index in [9.17, 15) is 19.5 Å². The van der Waals surface area contributed by atoms with Gasteiger partial charge in [-0.1, -0.05) is 41.4 Å². The van der Waals surface area contributed by atoms with Gasteiger partial charge in [0.15, 0.2) is 0 Å². The normalized spacial score (nSPS) is 16.5. The molecule has 4 rings (SSSR count). The zero-order chi connectivity index (χ0) is 30.9. The van der Waals surface area contributed by atoms with E-state index in [2.05, 4.69) is 4.99 Å². The maximum absolute atomic E-state index is 13.3. The Bertz CT molecular complexity index is 1450.